The van der Waals surface area contributed by atoms with Crippen molar-refractivity contribution in [3.05, 3.63) is 28.8 Å². The van der Waals surface area contributed by atoms with Crippen LogP contribution in [0, 0.1) is 11.8 Å². The molecule has 0 spiro atoms. The van der Waals surface area contributed by atoms with Crippen molar-refractivity contribution in [3.8, 4) is 0 Å². The fraction of sp³-hybridized carbons (Fsp3) is 0.500. The fourth-order valence-electron chi connectivity index (χ4n) is 3.43. The average Bonchev–Trinajstić information content (AvgIpc) is 3.19. The second-order valence-electron chi connectivity index (χ2n) is 5.69. The zero-order valence-corrected chi connectivity index (χ0v) is 10.8. The first kappa shape index (κ1) is 10.7. The summed E-state index contributed by atoms with van der Waals surface area (Å²) < 4.78 is 0. The molecule has 4 heteroatoms. The third-order valence-electron chi connectivity index (χ3n) is 4.44. The minimum Gasteiger partial charge on any atom is -0.328 e. The minimum absolute atomic E-state index is 0.0661. The van der Waals surface area contributed by atoms with Crippen molar-refractivity contribution in [2.75, 3.05) is 5.32 Å². The highest BCUT2D eigenvalue weighted by Gasteiger charge is 2.58. The van der Waals surface area contributed by atoms with Gasteiger partial charge in [-0.15, -0.1) is 0 Å². The monoisotopic (exact) mass is 262 g/mol. The lowest BCUT2D eigenvalue weighted by atomic mass is 9.78. The van der Waals surface area contributed by atoms with Crippen molar-refractivity contribution in [2.45, 2.75) is 31.2 Å². The summed E-state index contributed by atoms with van der Waals surface area (Å²) >= 11 is 6.15. The van der Waals surface area contributed by atoms with E-state index in [1.165, 1.54) is 31.2 Å². The summed E-state index contributed by atoms with van der Waals surface area (Å²) in [6.45, 7) is 0. The van der Waals surface area contributed by atoms with Gasteiger partial charge in [0.2, 0.25) is 0 Å². The maximum atomic E-state index is 11.9. The summed E-state index contributed by atoms with van der Waals surface area (Å²) in [4.78, 5) is 11.9. The molecule has 0 unspecified atom stereocenters. The largest absolute Gasteiger partial charge is 0.328 e. The molecule has 0 atom stereocenters. The molecule has 3 nitrogen and oxygen atoms in total. The van der Waals surface area contributed by atoms with Crippen molar-refractivity contribution >= 4 is 23.3 Å². The van der Waals surface area contributed by atoms with Gasteiger partial charge in [0.15, 0.2) is 0 Å². The average molecular weight is 263 g/mol. The van der Waals surface area contributed by atoms with E-state index in [-0.39, 0.29) is 11.6 Å². The topological polar surface area (TPSA) is 41.1 Å². The number of fused-ring (bicyclic) bond motifs is 1. The Morgan fingerprint density at radius 3 is 2.44 bits per heavy atom. The minimum atomic E-state index is -0.150. The number of carbonyl (C=O) groups is 1. The maximum absolute atomic E-state index is 11.9. The molecule has 2 aliphatic carbocycles. The Balaban J connectivity index is 1.92. The summed E-state index contributed by atoms with van der Waals surface area (Å²) in [6, 6.07) is 5.73. The van der Waals surface area contributed by atoms with Gasteiger partial charge in [-0.1, -0.05) is 11.6 Å². The van der Waals surface area contributed by atoms with Crippen LogP contribution in [0.1, 0.15) is 31.2 Å². The molecule has 1 aromatic carbocycles. The molecule has 2 amide bonds. The van der Waals surface area contributed by atoms with Crippen molar-refractivity contribution in [1.29, 1.82) is 0 Å². The molecule has 2 N–H and O–H groups in total. The number of nitrogens with one attached hydrogen (secondary N) is 2. The lowest BCUT2D eigenvalue weighted by molar-refractivity contribution is 0.211. The number of benzene rings is 1. The van der Waals surface area contributed by atoms with Crippen molar-refractivity contribution in [2.24, 2.45) is 11.8 Å². The van der Waals surface area contributed by atoms with Crippen molar-refractivity contribution in [1.82, 2.24) is 5.32 Å². The van der Waals surface area contributed by atoms with E-state index < -0.39 is 0 Å². The highest BCUT2D eigenvalue weighted by Crippen LogP contribution is 2.59. The number of amides is 2. The Hall–Kier alpha value is -1.22. The van der Waals surface area contributed by atoms with Gasteiger partial charge in [0.25, 0.3) is 0 Å². The first-order valence-corrected chi connectivity index (χ1v) is 6.97. The lowest BCUT2D eigenvalue weighted by Gasteiger charge is -2.41. The molecule has 1 aromatic rings. The van der Waals surface area contributed by atoms with Gasteiger partial charge in [-0.25, -0.2) is 4.79 Å². The van der Waals surface area contributed by atoms with Crippen LogP contribution in [0.3, 0.4) is 0 Å². The third-order valence-corrected chi connectivity index (χ3v) is 4.67. The molecule has 4 rings (SSSR count). The zero-order valence-electron chi connectivity index (χ0n) is 10.0. The van der Waals surface area contributed by atoms with Crippen LogP contribution in [-0.2, 0) is 5.54 Å². The van der Waals surface area contributed by atoms with E-state index >= 15 is 0 Å². The molecule has 2 saturated carbocycles. The van der Waals surface area contributed by atoms with E-state index in [2.05, 4.69) is 10.6 Å². The molecule has 0 radical (unpaired) electrons. The molecule has 3 aliphatic rings. The molecule has 2 fully saturated rings. The van der Waals surface area contributed by atoms with Crippen LogP contribution in [0.25, 0.3) is 0 Å². The quantitative estimate of drug-likeness (QED) is 0.842. The van der Waals surface area contributed by atoms with Gasteiger partial charge in [0.05, 0.1) is 5.54 Å². The summed E-state index contributed by atoms with van der Waals surface area (Å²) in [5.41, 5.74) is 1.98. The number of halogens is 1. The molecule has 94 valence electrons. The standard InChI is InChI=1S/C14H15ClN2O/c15-10-5-6-12-11(7-10)14(8-1-2-8,9-3-4-9)17-13(18)16-12/h5-9H,1-4H2,(H2,16,17,18). The smallest absolute Gasteiger partial charge is 0.319 e. The molecule has 18 heavy (non-hydrogen) atoms. The second kappa shape index (κ2) is 3.41. The lowest BCUT2D eigenvalue weighted by Crippen LogP contribution is -2.54. The Labute approximate surface area is 111 Å². The number of hydrogen-bond donors (Lipinski definition) is 2. The van der Waals surface area contributed by atoms with Gasteiger partial charge in [-0.05, 0) is 55.7 Å². The molecular weight excluding hydrogens is 248 g/mol. The van der Waals surface area contributed by atoms with Crippen LogP contribution >= 0.6 is 11.6 Å². The van der Waals surface area contributed by atoms with Gasteiger partial charge in [0, 0.05) is 16.3 Å². The van der Waals surface area contributed by atoms with E-state index in [1.54, 1.807) is 0 Å². The molecular formula is C14H15ClN2O. The summed E-state index contributed by atoms with van der Waals surface area (Å²) in [6.07, 6.45) is 4.84. The highest BCUT2D eigenvalue weighted by atomic mass is 35.5. The van der Waals surface area contributed by atoms with Crippen LogP contribution in [0.4, 0.5) is 10.5 Å². The van der Waals surface area contributed by atoms with Crippen molar-refractivity contribution in [3.63, 3.8) is 0 Å². The number of urea groups is 1. The Morgan fingerprint density at radius 2 is 1.83 bits per heavy atom. The SMILES string of the molecule is O=C1Nc2ccc(Cl)cc2C(C2CC2)(C2CC2)N1. The molecule has 1 aliphatic heterocycles. The van der Waals surface area contributed by atoms with E-state index in [4.69, 9.17) is 11.6 Å². The van der Waals surface area contributed by atoms with Crippen LogP contribution in [0.2, 0.25) is 5.02 Å². The van der Waals surface area contributed by atoms with E-state index in [1.807, 2.05) is 18.2 Å². The fourth-order valence-corrected chi connectivity index (χ4v) is 3.60. The number of carbonyl (C=O) groups excluding carboxylic acids is 1. The first-order valence-electron chi connectivity index (χ1n) is 6.59. The van der Waals surface area contributed by atoms with Gasteiger partial charge in [-0.3, -0.25) is 0 Å². The number of anilines is 1. The Kier molecular flexibility index (Phi) is 2.03. The van der Waals surface area contributed by atoms with Crippen LogP contribution in [-0.4, -0.2) is 6.03 Å². The van der Waals surface area contributed by atoms with Gasteiger partial charge in [0.1, 0.15) is 0 Å². The summed E-state index contributed by atoms with van der Waals surface area (Å²) in [5, 5.41) is 6.87. The van der Waals surface area contributed by atoms with Gasteiger partial charge >= 0.3 is 6.03 Å². The van der Waals surface area contributed by atoms with Gasteiger partial charge < -0.3 is 10.6 Å². The third kappa shape index (κ3) is 1.40. The molecule has 0 bridgehead atoms. The van der Waals surface area contributed by atoms with Crippen LogP contribution in [0.15, 0.2) is 18.2 Å². The maximum Gasteiger partial charge on any atom is 0.319 e. The van der Waals surface area contributed by atoms with Gasteiger partial charge in [-0.2, -0.15) is 0 Å². The van der Waals surface area contributed by atoms with E-state index in [9.17, 15) is 4.79 Å². The van der Waals surface area contributed by atoms with Crippen molar-refractivity contribution < 1.29 is 4.79 Å². The Morgan fingerprint density at radius 1 is 1.17 bits per heavy atom. The zero-order chi connectivity index (χ0) is 12.3. The van der Waals surface area contributed by atoms with Crippen LogP contribution in [0.5, 0.6) is 0 Å². The molecule has 1 heterocycles. The predicted molar refractivity (Wildman–Crippen MR) is 70.7 cm³/mol. The van der Waals surface area contributed by atoms with Crippen LogP contribution < -0.4 is 10.6 Å². The Bertz CT molecular complexity index is 523. The summed E-state index contributed by atoms with van der Waals surface area (Å²) in [7, 11) is 0. The second-order valence-corrected chi connectivity index (χ2v) is 6.12. The number of hydrogen-bond acceptors (Lipinski definition) is 1. The number of rotatable bonds is 2. The molecule has 0 saturated heterocycles. The first-order chi connectivity index (χ1) is 8.70. The van der Waals surface area contributed by atoms with E-state index in [0.717, 1.165) is 10.7 Å². The molecule has 0 aromatic heterocycles. The van der Waals surface area contributed by atoms with E-state index in [0.29, 0.717) is 11.8 Å². The normalized spacial score (nSPS) is 25.1. The predicted octanol–water partition coefficient (Wildman–Crippen LogP) is 3.49. The highest BCUT2D eigenvalue weighted by molar-refractivity contribution is 6.30. The summed E-state index contributed by atoms with van der Waals surface area (Å²) in [5.74, 6) is 1.18.